The number of fused-ring (bicyclic) bond motifs is 1. The summed E-state index contributed by atoms with van der Waals surface area (Å²) < 4.78 is 7.60. The largest absolute Gasteiger partial charge is 0.507 e. The number of aryl methyl sites for hydroxylation is 1. The molecule has 2 aromatic rings. The molecule has 0 saturated heterocycles. The van der Waals surface area contributed by atoms with Crippen molar-refractivity contribution in [1.82, 2.24) is 14.3 Å². The fraction of sp³-hybridized carbons (Fsp3) is 0.438. The van der Waals surface area contributed by atoms with Gasteiger partial charge in [-0.1, -0.05) is 36.8 Å². The molecule has 1 N–H and O–H groups in total. The number of benzene rings is 1. The molecule has 23 heavy (non-hydrogen) atoms. The zero-order valence-corrected chi connectivity index (χ0v) is 13.1. The van der Waals surface area contributed by atoms with E-state index >= 15 is 0 Å². The lowest BCUT2D eigenvalue weighted by atomic mass is 10.0. The number of hydrogen-bond donors (Lipinski definition) is 1. The maximum Gasteiger partial charge on any atom is 0.507 e. The Bertz CT molecular complexity index is 776. The molecule has 2 atom stereocenters. The molecule has 0 aliphatic carbocycles. The van der Waals surface area contributed by atoms with E-state index in [1.165, 1.54) is 9.25 Å². The summed E-state index contributed by atoms with van der Waals surface area (Å²) in [4.78, 5) is 23.4. The van der Waals surface area contributed by atoms with Gasteiger partial charge >= 0.3 is 11.8 Å². The molecule has 0 spiro atoms. The topological polar surface area (TPSA) is 86.4 Å². The molecule has 0 saturated carbocycles. The van der Waals surface area contributed by atoms with Gasteiger partial charge in [0.15, 0.2) is 6.23 Å². The molecular formula is C16H19N3O4. The number of carbonyl (C=O) groups is 1. The summed E-state index contributed by atoms with van der Waals surface area (Å²) in [5.41, 5.74) is 1.78. The van der Waals surface area contributed by atoms with Crippen molar-refractivity contribution in [2.24, 2.45) is 0 Å². The van der Waals surface area contributed by atoms with Crippen molar-refractivity contribution in [3.05, 3.63) is 51.7 Å². The summed E-state index contributed by atoms with van der Waals surface area (Å²) in [5, 5.41) is 13.3. The molecule has 0 amide bonds. The highest BCUT2D eigenvalue weighted by Crippen LogP contribution is 2.31. The van der Waals surface area contributed by atoms with Gasteiger partial charge in [-0.3, -0.25) is 0 Å². The lowest BCUT2D eigenvalue weighted by molar-refractivity contribution is 0.00140. The summed E-state index contributed by atoms with van der Waals surface area (Å²) in [6.07, 6.45) is -0.957. The van der Waals surface area contributed by atoms with Crippen LogP contribution in [0.15, 0.2) is 29.1 Å². The van der Waals surface area contributed by atoms with Gasteiger partial charge in [-0.25, -0.2) is 18.8 Å². The number of carboxylic acid groups (broad SMARTS) is 1. The van der Waals surface area contributed by atoms with Gasteiger partial charge in [-0.2, -0.15) is 5.10 Å². The summed E-state index contributed by atoms with van der Waals surface area (Å²) >= 11 is 0. The predicted molar refractivity (Wildman–Crippen MR) is 82.6 cm³/mol. The lowest BCUT2D eigenvalue weighted by Crippen LogP contribution is -2.33. The molecule has 0 bridgehead atoms. The van der Waals surface area contributed by atoms with Crippen LogP contribution in [0.25, 0.3) is 0 Å². The fourth-order valence-electron chi connectivity index (χ4n) is 2.89. The molecule has 2 unspecified atom stereocenters. The van der Waals surface area contributed by atoms with Crippen molar-refractivity contribution in [2.45, 2.75) is 45.4 Å². The molecule has 3 rings (SSSR count). The smallest absolute Gasteiger partial charge is 0.450 e. The van der Waals surface area contributed by atoms with E-state index in [9.17, 15) is 9.59 Å². The molecule has 7 heteroatoms. The van der Waals surface area contributed by atoms with E-state index in [0.717, 1.165) is 17.5 Å². The first-order valence-electron chi connectivity index (χ1n) is 7.60. The molecular weight excluding hydrogens is 298 g/mol. The van der Waals surface area contributed by atoms with E-state index in [-0.39, 0.29) is 11.6 Å². The zero-order chi connectivity index (χ0) is 16.6. The van der Waals surface area contributed by atoms with Gasteiger partial charge in [0.2, 0.25) is 0 Å². The van der Waals surface area contributed by atoms with Gasteiger partial charge in [0.1, 0.15) is 5.82 Å². The minimum absolute atomic E-state index is 0.0932. The van der Waals surface area contributed by atoms with Crippen LogP contribution in [0.5, 0.6) is 0 Å². The van der Waals surface area contributed by atoms with E-state index in [4.69, 9.17) is 9.84 Å². The second kappa shape index (κ2) is 5.91. The Labute approximate surface area is 133 Å². The number of hydrogen-bond acceptors (Lipinski definition) is 4. The summed E-state index contributed by atoms with van der Waals surface area (Å²) in [6.45, 7) is 4.33. The van der Waals surface area contributed by atoms with Crippen LogP contribution in [0.4, 0.5) is 4.79 Å². The van der Waals surface area contributed by atoms with Gasteiger partial charge < -0.3 is 9.84 Å². The Kier molecular flexibility index (Phi) is 3.94. The van der Waals surface area contributed by atoms with E-state index in [0.29, 0.717) is 18.8 Å². The summed E-state index contributed by atoms with van der Waals surface area (Å²) in [6, 6.07) is 7.87. The van der Waals surface area contributed by atoms with Gasteiger partial charge in [0, 0.05) is 12.3 Å². The van der Waals surface area contributed by atoms with Gasteiger partial charge in [-0.15, -0.1) is 0 Å². The normalized spacial score (nSPS) is 20.1. The first-order valence-corrected chi connectivity index (χ1v) is 7.60. The zero-order valence-electron chi connectivity index (χ0n) is 13.1. The Balaban J connectivity index is 1.96. The highest BCUT2D eigenvalue weighted by molar-refractivity contribution is 5.56. The first-order chi connectivity index (χ1) is 11.0. The second-order valence-corrected chi connectivity index (χ2v) is 5.97. The molecule has 1 aromatic heterocycles. The summed E-state index contributed by atoms with van der Waals surface area (Å²) in [7, 11) is 0. The van der Waals surface area contributed by atoms with Crippen LogP contribution in [0.3, 0.4) is 0 Å². The Hall–Kier alpha value is -2.57. The molecule has 0 fully saturated rings. The van der Waals surface area contributed by atoms with E-state index in [1.807, 2.05) is 38.1 Å². The van der Waals surface area contributed by atoms with Crippen molar-refractivity contribution < 1.29 is 14.6 Å². The van der Waals surface area contributed by atoms with E-state index in [2.05, 4.69) is 5.10 Å². The average molecular weight is 317 g/mol. The van der Waals surface area contributed by atoms with Crippen LogP contribution in [-0.2, 0) is 11.3 Å². The molecule has 1 aliphatic heterocycles. The fourth-order valence-corrected chi connectivity index (χ4v) is 2.89. The van der Waals surface area contributed by atoms with Crippen molar-refractivity contribution in [3.63, 3.8) is 0 Å². The third-order valence-corrected chi connectivity index (χ3v) is 4.16. The van der Waals surface area contributed by atoms with Crippen molar-refractivity contribution >= 4 is 6.16 Å². The average Bonchev–Trinajstić information content (AvgIpc) is 2.82. The standard InChI is InChI=1S/C16H19N3O4/c1-10-3-6-12(7-4-10)9-18-15(20)19-13(23-16(21)22)8-5-11(2)14(19)17-18/h3-4,6-7,11,13H,5,8-9H2,1-2H3,(H,21,22). The molecule has 122 valence electrons. The monoisotopic (exact) mass is 317 g/mol. The molecule has 2 heterocycles. The molecule has 0 radical (unpaired) electrons. The Morgan fingerprint density at radius 2 is 2.04 bits per heavy atom. The van der Waals surface area contributed by atoms with Crippen molar-refractivity contribution in [1.29, 1.82) is 0 Å². The van der Waals surface area contributed by atoms with Gasteiger partial charge in [0.05, 0.1) is 6.54 Å². The second-order valence-electron chi connectivity index (χ2n) is 5.97. The number of nitrogens with zero attached hydrogens (tertiary/aromatic N) is 3. The minimum atomic E-state index is -1.38. The van der Waals surface area contributed by atoms with E-state index in [1.54, 1.807) is 0 Å². The molecule has 1 aliphatic rings. The van der Waals surface area contributed by atoms with Gasteiger partial charge in [0.25, 0.3) is 0 Å². The first kappa shape index (κ1) is 15.3. The van der Waals surface area contributed by atoms with Crippen LogP contribution in [0, 0.1) is 6.92 Å². The number of rotatable bonds is 3. The van der Waals surface area contributed by atoms with E-state index < -0.39 is 12.4 Å². The van der Waals surface area contributed by atoms with Crippen LogP contribution in [-0.4, -0.2) is 25.6 Å². The maximum atomic E-state index is 12.6. The number of aromatic nitrogens is 3. The quantitative estimate of drug-likeness (QED) is 0.879. The third-order valence-electron chi connectivity index (χ3n) is 4.16. The Morgan fingerprint density at radius 3 is 2.70 bits per heavy atom. The van der Waals surface area contributed by atoms with Crippen molar-refractivity contribution in [3.8, 4) is 0 Å². The highest BCUT2D eigenvalue weighted by Gasteiger charge is 2.32. The molecule has 7 nitrogen and oxygen atoms in total. The Morgan fingerprint density at radius 1 is 1.35 bits per heavy atom. The predicted octanol–water partition coefficient (Wildman–Crippen LogP) is 2.49. The molecule has 1 aromatic carbocycles. The third kappa shape index (κ3) is 2.99. The van der Waals surface area contributed by atoms with Crippen LogP contribution in [0.1, 0.15) is 48.9 Å². The highest BCUT2D eigenvalue weighted by atomic mass is 16.7. The summed E-state index contributed by atoms with van der Waals surface area (Å²) in [5.74, 6) is 0.676. The SMILES string of the molecule is Cc1ccc(Cn2nc3n(c2=O)C(OC(=O)O)CCC3C)cc1. The number of ether oxygens (including phenoxy) is 1. The lowest BCUT2D eigenvalue weighted by Gasteiger charge is -2.25. The van der Waals surface area contributed by atoms with Gasteiger partial charge in [-0.05, 0) is 18.9 Å². The minimum Gasteiger partial charge on any atom is -0.450 e. The van der Waals surface area contributed by atoms with Crippen LogP contribution in [0.2, 0.25) is 0 Å². The van der Waals surface area contributed by atoms with Crippen LogP contribution < -0.4 is 5.69 Å². The van der Waals surface area contributed by atoms with Crippen molar-refractivity contribution in [2.75, 3.05) is 0 Å². The maximum absolute atomic E-state index is 12.6. The van der Waals surface area contributed by atoms with Crippen LogP contribution >= 0.6 is 0 Å².